The third-order valence-corrected chi connectivity index (χ3v) is 4.39. The number of unbranched alkanes of at least 4 members (excludes halogenated alkanes) is 1. The number of benzene rings is 2. The lowest BCUT2D eigenvalue weighted by Gasteiger charge is -2.20. The van der Waals surface area contributed by atoms with Crippen molar-refractivity contribution in [2.45, 2.75) is 51.8 Å². The zero-order valence-electron chi connectivity index (χ0n) is 15.7. The van der Waals surface area contributed by atoms with Crippen molar-refractivity contribution in [3.63, 3.8) is 0 Å². The van der Waals surface area contributed by atoms with Crippen LogP contribution in [0.4, 0.5) is 13.2 Å². The molecule has 2 aromatic rings. The summed E-state index contributed by atoms with van der Waals surface area (Å²) in [6.07, 6.45) is -2.06. The van der Waals surface area contributed by atoms with E-state index < -0.39 is 12.1 Å². The van der Waals surface area contributed by atoms with E-state index >= 15 is 0 Å². The quantitative estimate of drug-likeness (QED) is 0.399. The van der Waals surface area contributed by atoms with Crippen LogP contribution in [0.1, 0.15) is 44.6 Å². The molecule has 0 spiro atoms. The van der Waals surface area contributed by atoms with E-state index in [1.807, 2.05) is 49.4 Å². The lowest BCUT2D eigenvalue weighted by atomic mass is 9.96. The summed E-state index contributed by atoms with van der Waals surface area (Å²) in [5.74, 6) is 0.0479. The summed E-state index contributed by atoms with van der Waals surface area (Å²) >= 11 is 0. The van der Waals surface area contributed by atoms with E-state index in [1.165, 1.54) is 0 Å². The van der Waals surface area contributed by atoms with Crippen LogP contribution in [0.3, 0.4) is 0 Å². The Morgan fingerprint density at radius 3 is 2.19 bits per heavy atom. The second-order valence-corrected chi connectivity index (χ2v) is 6.62. The van der Waals surface area contributed by atoms with Crippen LogP contribution in [0.25, 0.3) is 0 Å². The normalized spacial score (nSPS) is 12.6. The van der Waals surface area contributed by atoms with Crippen molar-refractivity contribution in [2.75, 3.05) is 6.61 Å². The molecule has 0 N–H and O–H groups in total. The summed E-state index contributed by atoms with van der Waals surface area (Å²) < 4.78 is 50.4. The van der Waals surface area contributed by atoms with Crippen LogP contribution < -0.4 is 9.47 Å². The number of hydrogen-bond acceptors (Lipinski definition) is 2. The molecule has 0 amide bonds. The van der Waals surface area contributed by atoms with Crippen LogP contribution in [0, 0.1) is 5.92 Å². The molecule has 5 heteroatoms. The lowest BCUT2D eigenvalue weighted by molar-refractivity contribution is -0.178. The van der Waals surface area contributed by atoms with Gasteiger partial charge in [-0.25, -0.2) is 0 Å². The average molecular weight is 380 g/mol. The molecule has 0 aromatic heterocycles. The Kier molecular flexibility index (Phi) is 8.49. The Hall–Kier alpha value is -2.17. The molecule has 0 aliphatic rings. The van der Waals surface area contributed by atoms with E-state index in [0.29, 0.717) is 30.9 Å². The maximum Gasteiger partial charge on any atom is 0.391 e. The van der Waals surface area contributed by atoms with Crippen LogP contribution >= 0.6 is 0 Å². The second kappa shape index (κ2) is 10.9. The third kappa shape index (κ3) is 7.94. The van der Waals surface area contributed by atoms with Crippen LogP contribution in [0.2, 0.25) is 0 Å². The minimum atomic E-state index is -4.12. The SMILES string of the molecule is CCCCC(CCCOc1cccc(OCc2ccccc2)c1)C(F)(F)F. The Bertz CT molecular complexity index is 656. The minimum Gasteiger partial charge on any atom is -0.493 e. The van der Waals surface area contributed by atoms with Crippen molar-refractivity contribution >= 4 is 0 Å². The van der Waals surface area contributed by atoms with E-state index in [-0.39, 0.29) is 19.4 Å². The van der Waals surface area contributed by atoms with Gasteiger partial charge < -0.3 is 9.47 Å². The summed E-state index contributed by atoms with van der Waals surface area (Å²) in [6, 6.07) is 17.0. The molecular formula is C22H27F3O2. The molecule has 0 fully saturated rings. The minimum absolute atomic E-state index is 0.105. The van der Waals surface area contributed by atoms with Crippen molar-refractivity contribution in [2.24, 2.45) is 5.92 Å². The monoisotopic (exact) mass is 380 g/mol. The van der Waals surface area contributed by atoms with Gasteiger partial charge in [-0.1, -0.05) is 56.2 Å². The first-order chi connectivity index (χ1) is 13.0. The van der Waals surface area contributed by atoms with E-state index in [0.717, 1.165) is 12.0 Å². The molecule has 0 saturated carbocycles. The number of halogens is 3. The van der Waals surface area contributed by atoms with Gasteiger partial charge in [-0.2, -0.15) is 13.2 Å². The topological polar surface area (TPSA) is 18.5 Å². The Morgan fingerprint density at radius 2 is 1.52 bits per heavy atom. The average Bonchev–Trinajstić information content (AvgIpc) is 2.66. The zero-order valence-corrected chi connectivity index (χ0v) is 15.7. The maximum atomic E-state index is 13.0. The van der Waals surface area contributed by atoms with Crippen molar-refractivity contribution in [3.05, 3.63) is 60.2 Å². The number of ether oxygens (including phenoxy) is 2. The molecule has 2 rings (SSSR count). The fraction of sp³-hybridized carbons (Fsp3) is 0.455. The molecule has 1 unspecified atom stereocenters. The molecule has 0 aliphatic heterocycles. The fourth-order valence-corrected chi connectivity index (χ4v) is 2.84. The highest BCUT2D eigenvalue weighted by atomic mass is 19.4. The smallest absolute Gasteiger partial charge is 0.391 e. The predicted octanol–water partition coefficient (Wildman–Crippen LogP) is 6.79. The fourth-order valence-electron chi connectivity index (χ4n) is 2.84. The van der Waals surface area contributed by atoms with Gasteiger partial charge in [0.05, 0.1) is 12.5 Å². The molecule has 27 heavy (non-hydrogen) atoms. The molecule has 0 bridgehead atoms. The first kappa shape index (κ1) is 21.1. The molecule has 0 heterocycles. The van der Waals surface area contributed by atoms with E-state index in [1.54, 1.807) is 12.1 Å². The van der Waals surface area contributed by atoms with Gasteiger partial charge >= 0.3 is 6.18 Å². The van der Waals surface area contributed by atoms with Crippen molar-refractivity contribution in [1.82, 2.24) is 0 Å². The first-order valence-electron chi connectivity index (χ1n) is 9.45. The Balaban J connectivity index is 1.77. The van der Waals surface area contributed by atoms with Gasteiger partial charge in [0, 0.05) is 6.07 Å². The highest BCUT2D eigenvalue weighted by molar-refractivity contribution is 5.33. The Labute approximate surface area is 159 Å². The molecule has 0 aliphatic carbocycles. The first-order valence-corrected chi connectivity index (χ1v) is 9.45. The van der Waals surface area contributed by atoms with Gasteiger partial charge in [0.25, 0.3) is 0 Å². The largest absolute Gasteiger partial charge is 0.493 e. The van der Waals surface area contributed by atoms with Crippen molar-refractivity contribution < 1.29 is 22.6 Å². The van der Waals surface area contributed by atoms with Crippen molar-refractivity contribution in [1.29, 1.82) is 0 Å². The third-order valence-electron chi connectivity index (χ3n) is 4.39. The highest BCUT2D eigenvalue weighted by Gasteiger charge is 2.38. The van der Waals surface area contributed by atoms with Gasteiger partial charge in [-0.05, 0) is 37.0 Å². The summed E-state index contributed by atoms with van der Waals surface area (Å²) in [6.45, 7) is 2.62. The summed E-state index contributed by atoms with van der Waals surface area (Å²) in [4.78, 5) is 0. The summed E-state index contributed by atoms with van der Waals surface area (Å²) in [5, 5.41) is 0. The van der Waals surface area contributed by atoms with Crippen LogP contribution in [0.5, 0.6) is 11.5 Å². The predicted molar refractivity (Wildman–Crippen MR) is 101 cm³/mol. The second-order valence-electron chi connectivity index (χ2n) is 6.62. The van der Waals surface area contributed by atoms with Gasteiger partial charge in [0.2, 0.25) is 0 Å². The maximum absolute atomic E-state index is 13.0. The standard InChI is InChI=1S/C22H27F3O2/c1-2-3-11-19(22(23,24)25)12-8-15-26-20-13-7-14-21(16-20)27-17-18-9-5-4-6-10-18/h4-7,9-10,13-14,16,19H,2-3,8,11-12,15,17H2,1H3. The van der Waals surface area contributed by atoms with Crippen LogP contribution in [-0.2, 0) is 6.61 Å². The molecule has 2 aromatic carbocycles. The number of hydrogen-bond donors (Lipinski definition) is 0. The Morgan fingerprint density at radius 1 is 0.852 bits per heavy atom. The van der Waals surface area contributed by atoms with E-state index in [2.05, 4.69) is 0 Å². The van der Waals surface area contributed by atoms with E-state index in [4.69, 9.17) is 9.47 Å². The molecule has 2 nitrogen and oxygen atoms in total. The molecule has 0 radical (unpaired) electrons. The highest BCUT2D eigenvalue weighted by Crippen LogP contribution is 2.33. The molecule has 0 saturated heterocycles. The van der Waals surface area contributed by atoms with Gasteiger partial charge in [0.1, 0.15) is 18.1 Å². The molecule has 1 atom stereocenters. The summed E-state index contributed by atoms with van der Waals surface area (Å²) in [5.41, 5.74) is 1.06. The lowest BCUT2D eigenvalue weighted by Crippen LogP contribution is -2.23. The van der Waals surface area contributed by atoms with Gasteiger partial charge in [0.15, 0.2) is 0 Å². The van der Waals surface area contributed by atoms with E-state index in [9.17, 15) is 13.2 Å². The zero-order chi connectivity index (χ0) is 19.5. The molecular weight excluding hydrogens is 353 g/mol. The van der Waals surface area contributed by atoms with Crippen molar-refractivity contribution in [3.8, 4) is 11.5 Å². The van der Waals surface area contributed by atoms with Crippen LogP contribution in [0.15, 0.2) is 54.6 Å². The number of alkyl halides is 3. The number of rotatable bonds is 11. The van der Waals surface area contributed by atoms with Gasteiger partial charge in [-0.3, -0.25) is 0 Å². The van der Waals surface area contributed by atoms with Gasteiger partial charge in [-0.15, -0.1) is 0 Å². The summed E-state index contributed by atoms with van der Waals surface area (Å²) in [7, 11) is 0. The van der Waals surface area contributed by atoms with Crippen LogP contribution in [-0.4, -0.2) is 12.8 Å². The molecule has 148 valence electrons.